The van der Waals surface area contributed by atoms with Gasteiger partial charge in [-0.3, -0.25) is 14.5 Å². The molecule has 0 radical (unpaired) electrons. The molecule has 1 fully saturated rings. The highest BCUT2D eigenvalue weighted by molar-refractivity contribution is 9.13. The summed E-state index contributed by atoms with van der Waals surface area (Å²) in [5, 5.41) is 11.5. The highest BCUT2D eigenvalue weighted by Gasteiger charge is 2.32. The van der Waals surface area contributed by atoms with E-state index in [0.717, 1.165) is 4.47 Å². The third kappa shape index (κ3) is 3.58. The van der Waals surface area contributed by atoms with Crippen molar-refractivity contribution in [2.45, 2.75) is 19.0 Å². The molecule has 1 unspecified atom stereocenters. The minimum Gasteiger partial charge on any atom is -0.481 e. The Balaban J connectivity index is 2.11. The number of carboxylic acid groups (broad SMARTS) is 1. The van der Waals surface area contributed by atoms with Crippen LogP contribution in [0.15, 0.2) is 19.6 Å². The van der Waals surface area contributed by atoms with Gasteiger partial charge in [0, 0.05) is 13.1 Å². The Labute approximate surface area is 126 Å². The molecule has 1 aliphatic heterocycles. The molecule has 0 aromatic carbocycles. The van der Waals surface area contributed by atoms with E-state index in [2.05, 4.69) is 37.2 Å². The maximum atomic E-state index is 11.7. The van der Waals surface area contributed by atoms with E-state index < -0.39 is 12.0 Å². The highest BCUT2D eigenvalue weighted by Crippen LogP contribution is 2.28. The first-order valence-corrected chi connectivity index (χ1v) is 7.23. The van der Waals surface area contributed by atoms with Crippen molar-refractivity contribution < 1.29 is 19.1 Å². The van der Waals surface area contributed by atoms with E-state index in [-0.39, 0.29) is 12.3 Å². The monoisotopic (exact) mass is 394 g/mol. The SMILES string of the molecule is O=C(O)CC1C(=O)NCCN1Cc1cc(Br)c(Br)o1. The lowest BCUT2D eigenvalue weighted by molar-refractivity contribution is -0.143. The molecule has 0 aliphatic carbocycles. The number of furan rings is 1. The van der Waals surface area contributed by atoms with E-state index in [1.165, 1.54) is 0 Å². The van der Waals surface area contributed by atoms with Gasteiger partial charge in [-0.2, -0.15) is 0 Å². The molecule has 1 atom stereocenters. The first-order valence-electron chi connectivity index (χ1n) is 5.64. The first-order chi connectivity index (χ1) is 8.97. The molecular weight excluding hydrogens is 384 g/mol. The number of halogens is 2. The number of hydrogen-bond acceptors (Lipinski definition) is 4. The summed E-state index contributed by atoms with van der Waals surface area (Å²) in [5.41, 5.74) is 0. The number of rotatable bonds is 4. The predicted octanol–water partition coefficient (Wildman–Crippen LogP) is 1.58. The van der Waals surface area contributed by atoms with Crippen LogP contribution in [0.1, 0.15) is 12.2 Å². The molecule has 104 valence electrons. The van der Waals surface area contributed by atoms with Gasteiger partial charge >= 0.3 is 5.97 Å². The Morgan fingerprint density at radius 2 is 2.32 bits per heavy atom. The molecule has 0 spiro atoms. The second-order valence-corrected chi connectivity index (χ2v) is 5.78. The number of carboxylic acids is 1. The molecule has 6 nitrogen and oxygen atoms in total. The normalized spacial score (nSPS) is 20.3. The minimum atomic E-state index is -0.992. The van der Waals surface area contributed by atoms with Crippen molar-refractivity contribution in [1.29, 1.82) is 0 Å². The zero-order valence-electron chi connectivity index (χ0n) is 9.86. The fourth-order valence-electron chi connectivity index (χ4n) is 2.01. The van der Waals surface area contributed by atoms with Gasteiger partial charge in [-0.1, -0.05) is 0 Å². The lowest BCUT2D eigenvalue weighted by Gasteiger charge is -2.33. The fourth-order valence-corrected chi connectivity index (χ4v) is 2.67. The number of nitrogens with one attached hydrogen (secondary N) is 1. The maximum Gasteiger partial charge on any atom is 0.305 e. The van der Waals surface area contributed by atoms with Crippen LogP contribution < -0.4 is 5.32 Å². The van der Waals surface area contributed by atoms with Gasteiger partial charge in [0.05, 0.1) is 17.4 Å². The maximum absolute atomic E-state index is 11.7. The zero-order chi connectivity index (χ0) is 14.0. The average Bonchev–Trinajstić information content (AvgIpc) is 2.62. The van der Waals surface area contributed by atoms with Gasteiger partial charge in [0.25, 0.3) is 0 Å². The van der Waals surface area contributed by atoms with Crippen molar-refractivity contribution in [3.8, 4) is 0 Å². The van der Waals surface area contributed by atoms with Gasteiger partial charge in [-0.05, 0) is 37.9 Å². The van der Waals surface area contributed by atoms with Gasteiger partial charge in [-0.15, -0.1) is 0 Å². The van der Waals surface area contributed by atoms with Gasteiger partial charge in [-0.25, -0.2) is 0 Å². The van der Waals surface area contributed by atoms with Crippen molar-refractivity contribution >= 4 is 43.7 Å². The molecule has 1 amide bonds. The van der Waals surface area contributed by atoms with Crippen LogP contribution in [0.3, 0.4) is 0 Å². The van der Waals surface area contributed by atoms with Crippen LogP contribution >= 0.6 is 31.9 Å². The number of hydrogen-bond donors (Lipinski definition) is 2. The van der Waals surface area contributed by atoms with Crippen LogP contribution in [0.5, 0.6) is 0 Å². The number of nitrogens with zero attached hydrogens (tertiary/aromatic N) is 1. The molecule has 1 aliphatic rings. The van der Waals surface area contributed by atoms with Crippen molar-refractivity contribution in [3.05, 3.63) is 21.0 Å². The summed E-state index contributed by atoms with van der Waals surface area (Å²) < 4.78 is 6.83. The third-order valence-corrected chi connectivity index (χ3v) is 4.57. The predicted molar refractivity (Wildman–Crippen MR) is 73.6 cm³/mol. The zero-order valence-corrected chi connectivity index (χ0v) is 13.0. The number of piperazine rings is 1. The molecule has 19 heavy (non-hydrogen) atoms. The molecule has 2 heterocycles. The quantitative estimate of drug-likeness (QED) is 0.808. The molecule has 1 aromatic heterocycles. The van der Waals surface area contributed by atoms with Crippen molar-refractivity contribution in [2.75, 3.05) is 13.1 Å². The lowest BCUT2D eigenvalue weighted by Crippen LogP contribution is -2.55. The standard InChI is InChI=1S/C11H12Br2N2O4/c12-7-3-6(19-10(7)13)5-15-2-1-14-11(18)8(15)4-9(16)17/h3,8H,1-2,4-5H2,(H,14,18)(H,16,17). The Kier molecular flexibility index (Phi) is 4.64. The molecule has 1 aromatic rings. The van der Waals surface area contributed by atoms with Crippen LogP contribution in [0.25, 0.3) is 0 Å². The molecule has 0 bridgehead atoms. The summed E-state index contributed by atoms with van der Waals surface area (Å²) in [6.07, 6.45) is -0.213. The van der Waals surface area contributed by atoms with Gasteiger partial charge in [0.1, 0.15) is 11.8 Å². The van der Waals surface area contributed by atoms with Gasteiger partial charge < -0.3 is 14.8 Å². The summed E-state index contributed by atoms with van der Waals surface area (Å²) in [4.78, 5) is 24.4. The summed E-state index contributed by atoms with van der Waals surface area (Å²) in [6.45, 7) is 1.51. The summed E-state index contributed by atoms with van der Waals surface area (Å²) >= 11 is 6.56. The van der Waals surface area contributed by atoms with Crippen molar-refractivity contribution in [1.82, 2.24) is 10.2 Å². The van der Waals surface area contributed by atoms with E-state index in [0.29, 0.717) is 30.1 Å². The lowest BCUT2D eigenvalue weighted by atomic mass is 10.1. The number of amides is 1. The van der Waals surface area contributed by atoms with Crippen LogP contribution in [0, 0.1) is 0 Å². The van der Waals surface area contributed by atoms with Crippen molar-refractivity contribution in [2.24, 2.45) is 0 Å². The summed E-state index contributed by atoms with van der Waals surface area (Å²) in [6, 6.07) is 1.14. The highest BCUT2D eigenvalue weighted by atomic mass is 79.9. The second kappa shape index (κ2) is 6.06. The number of aliphatic carboxylic acids is 1. The van der Waals surface area contributed by atoms with Crippen molar-refractivity contribution in [3.63, 3.8) is 0 Å². The topological polar surface area (TPSA) is 82.8 Å². The summed E-state index contributed by atoms with van der Waals surface area (Å²) in [5.74, 6) is -0.573. The molecule has 1 saturated heterocycles. The molecule has 8 heteroatoms. The number of carbonyl (C=O) groups excluding carboxylic acids is 1. The van der Waals surface area contributed by atoms with E-state index in [4.69, 9.17) is 9.52 Å². The van der Waals surface area contributed by atoms with Crippen LogP contribution in [0.4, 0.5) is 0 Å². The first kappa shape index (κ1) is 14.5. The van der Waals surface area contributed by atoms with Gasteiger partial charge in [0.15, 0.2) is 4.67 Å². The molecule has 2 rings (SSSR count). The minimum absolute atomic E-state index is 0.213. The molecule has 2 N–H and O–H groups in total. The Morgan fingerprint density at radius 1 is 1.58 bits per heavy atom. The summed E-state index contributed by atoms with van der Waals surface area (Å²) in [7, 11) is 0. The number of carbonyl (C=O) groups is 2. The Hall–Kier alpha value is -0.860. The van der Waals surface area contributed by atoms with E-state index >= 15 is 0 Å². The van der Waals surface area contributed by atoms with Gasteiger partial charge in [0.2, 0.25) is 5.91 Å². The van der Waals surface area contributed by atoms with E-state index in [1.54, 1.807) is 6.07 Å². The molecule has 0 saturated carbocycles. The third-order valence-electron chi connectivity index (χ3n) is 2.86. The molecular formula is C11H12Br2N2O4. The Bertz CT molecular complexity index is 483. The second-order valence-electron chi connectivity index (χ2n) is 4.21. The van der Waals surface area contributed by atoms with E-state index in [1.807, 2.05) is 4.90 Å². The Morgan fingerprint density at radius 3 is 2.89 bits per heavy atom. The average molecular weight is 396 g/mol. The van der Waals surface area contributed by atoms with Crippen LogP contribution in [0.2, 0.25) is 0 Å². The van der Waals surface area contributed by atoms with Crippen LogP contribution in [-0.2, 0) is 16.1 Å². The van der Waals surface area contributed by atoms with E-state index in [9.17, 15) is 9.59 Å². The fraction of sp³-hybridized carbons (Fsp3) is 0.455. The van der Waals surface area contributed by atoms with Crippen LogP contribution in [-0.4, -0.2) is 41.0 Å². The smallest absolute Gasteiger partial charge is 0.305 e. The largest absolute Gasteiger partial charge is 0.481 e.